The van der Waals surface area contributed by atoms with Crippen LogP contribution in [0.25, 0.3) is 0 Å². The lowest BCUT2D eigenvalue weighted by Gasteiger charge is -2.65. The van der Waals surface area contributed by atoms with Crippen molar-refractivity contribution in [2.24, 2.45) is 11.8 Å². The highest BCUT2D eigenvalue weighted by Crippen LogP contribution is 2.59. The summed E-state index contributed by atoms with van der Waals surface area (Å²) in [7, 11) is 2.23. The molecule has 1 heterocycles. The van der Waals surface area contributed by atoms with E-state index in [0.29, 0.717) is 11.1 Å². The Balaban J connectivity index is 1.62. The Morgan fingerprint density at radius 1 is 0.895 bits per heavy atom. The van der Waals surface area contributed by atoms with E-state index < -0.39 is 0 Å². The summed E-state index contributed by atoms with van der Waals surface area (Å²) in [6, 6.07) is 0. The number of nitrogens with zero attached hydrogens (tertiary/aromatic N) is 1. The summed E-state index contributed by atoms with van der Waals surface area (Å²) in [5.74, 6) is 2.05. The van der Waals surface area contributed by atoms with Gasteiger partial charge in [-0.3, -0.25) is 4.90 Å². The average molecular weight is 262 g/mol. The van der Waals surface area contributed by atoms with Crippen molar-refractivity contribution in [1.82, 2.24) is 10.2 Å². The molecule has 2 atom stereocenters. The highest BCUT2D eigenvalue weighted by Gasteiger charge is 2.58. The molecule has 4 saturated carbocycles. The Labute approximate surface area is 118 Å². The lowest BCUT2D eigenvalue weighted by Crippen LogP contribution is -2.68. The van der Waals surface area contributed by atoms with Crippen molar-refractivity contribution in [3.05, 3.63) is 0 Å². The molecule has 0 aromatic rings. The van der Waals surface area contributed by atoms with Gasteiger partial charge in [-0.05, 0) is 83.3 Å². The summed E-state index contributed by atoms with van der Waals surface area (Å²) in [6.45, 7) is 2.78. The van der Waals surface area contributed by atoms with E-state index in [-0.39, 0.29) is 0 Å². The van der Waals surface area contributed by atoms with E-state index >= 15 is 0 Å². The molecule has 2 nitrogen and oxygen atoms in total. The molecule has 19 heavy (non-hydrogen) atoms. The fourth-order valence-electron chi connectivity index (χ4n) is 6.42. The maximum atomic E-state index is 3.76. The Morgan fingerprint density at radius 3 is 2.11 bits per heavy atom. The molecule has 0 spiro atoms. The van der Waals surface area contributed by atoms with E-state index in [2.05, 4.69) is 17.3 Å². The summed E-state index contributed by atoms with van der Waals surface area (Å²) in [6.07, 6.45) is 14.8. The quantitative estimate of drug-likeness (QED) is 0.822. The second-order valence-electron chi connectivity index (χ2n) is 8.12. The molecule has 4 aliphatic carbocycles. The minimum Gasteiger partial charge on any atom is -0.314 e. The van der Waals surface area contributed by atoms with Crippen LogP contribution in [-0.4, -0.2) is 36.1 Å². The zero-order valence-electron chi connectivity index (χ0n) is 12.6. The molecule has 0 aromatic heterocycles. The van der Waals surface area contributed by atoms with Crippen LogP contribution in [0, 0.1) is 11.8 Å². The third-order valence-corrected chi connectivity index (χ3v) is 6.84. The monoisotopic (exact) mass is 262 g/mol. The molecule has 1 N–H and O–H groups in total. The SMILES string of the molecule is CNC12CC3CC(C1)CC(N1CCCCCC1)(C3)C2. The van der Waals surface area contributed by atoms with Crippen LogP contribution < -0.4 is 5.32 Å². The molecule has 0 amide bonds. The average Bonchev–Trinajstić information content (AvgIpc) is 2.66. The van der Waals surface area contributed by atoms with Gasteiger partial charge in [-0.25, -0.2) is 0 Å². The van der Waals surface area contributed by atoms with Gasteiger partial charge in [0.1, 0.15) is 0 Å². The van der Waals surface area contributed by atoms with Crippen LogP contribution in [0.1, 0.15) is 64.2 Å². The van der Waals surface area contributed by atoms with Crippen LogP contribution in [0.2, 0.25) is 0 Å². The first-order valence-corrected chi connectivity index (χ1v) is 8.68. The van der Waals surface area contributed by atoms with Gasteiger partial charge in [-0.15, -0.1) is 0 Å². The second kappa shape index (κ2) is 4.46. The first kappa shape index (κ1) is 12.6. The fourth-order valence-corrected chi connectivity index (χ4v) is 6.42. The van der Waals surface area contributed by atoms with Crippen LogP contribution in [0.4, 0.5) is 0 Å². The molecule has 4 bridgehead atoms. The van der Waals surface area contributed by atoms with Gasteiger partial charge in [0, 0.05) is 11.1 Å². The van der Waals surface area contributed by atoms with E-state index in [1.165, 1.54) is 70.9 Å². The molecule has 5 aliphatic rings. The van der Waals surface area contributed by atoms with Gasteiger partial charge >= 0.3 is 0 Å². The second-order valence-corrected chi connectivity index (χ2v) is 8.12. The molecular formula is C17H30N2. The van der Waals surface area contributed by atoms with Crippen LogP contribution in [-0.2, 0) is 0 Å². The van der Waals surface area contributed by atoms with E-state index in [1.54, 1.807) is 6.42 Å². The first-order valence-electron chi connectivity index (χ1n) is 8.68. The molecule has 0 aromatic carbocycles. The van der Waals surface area contributed by atoms with Gasteiger partial charge in [0.2, 0.25) is 0 Å². The van der Waals surface area contributed by atoms with Gasteiger partial charge in [-0.2, -0.15) is 0 Å². The van der Waals surface area contributed by atoms with E-state index in [9.17, 15) is 0 Å². The third kappa shape index (κ3) is 1.98. The number of rotatable bonds is 2. The van der Waals surface area contributed by atoms with E-state index in [1.807, 2.05) is 0 Å². The number of hydrogen-bond acceptors (Lipinski definition) is 2. The molecule has 108 valence electrons. The lowest BCUT2D eigenvalue weighted by atomic mass is 9.49. The number of likely N-dealkylation sites (tertiary alicyclic amines) is 1. The lowest BCUT2D eigenvalue weighted by molar-refractivity contribution is -0.107. The summed E-state index contributed by atoms with van der Waals surface area (Å²) in [4.78, 5) is 2.95. The highest BCUT2D eigenvalue weighted by atomic mass is 15.2. The largest absolute Gasteiger partial charge is 0.314 e. The van der Waals surface area contributed by atoms with Gasteiger partial charge < -0.3 is 5.32 Å². The van der Waals surface area contributed by atoms with Gasteiger partial charge in [0.15, 0.2) is 0 Å². The minimum atomic E-state index is 0.510. The third-order valence-electron chi connectivity index (χ3n) is 6.84. The van der Waals surface area contributed by atoms with Crippen molar-refractivity contribution in [3.63, 3.8) is 0 Å². The predicted molar refractivity (Wildman–Crippen MR) is 79.2 cm³/mol. The van der Waals surface area contributed by atoms with Crippen molar-refractivity contribution in [2.45, 2.75) is 75.3 Å². The molecule has 1 saturated heterocycles. The molecule has 1 aliphatic heterocycles. The van der Waals surface area contributed by atoms with Crippen LogP contribution in [0.3, 0.4) is 0 Å². The zero-order valence-corrected chi connectivity index (χ0v) is 12.6. The molecule has 5 rings (SSSR count). The summed E-state index contributed by atoms with van der Waals surface area (Å²) in [5.41, 5.74) is 1.10. The van der Waals surface area contributed by atoms with Crippen molar-refractivity contribution in [2.75, 3.05) is 20.1 Å². The van der Waals surface area contributed by atoms with Crippen molar-refractivity contribution >= 4 is 0 Å². The highest BCUT2D eigenvalue weighted by molar-refractivity contribution is 5.15. The van der Waals surface area contributed by atoms with E-state index in [4.69, 9.17) is 0 Å². The minimum absolute atomic E-state index is 0.510. The van der Waals surface area contributed by atoms with Crippen LogP contribution in [0.15, 0.2) is 0 Å². The van der Waals surface area contributed by atoms with Gasteiger partial charge in [-0.1, -0.05) is 12.8 Å². The van der Waals surface area contributed by atoms with Crippen molar-refractivity contribution < 1.29 is 0 Å². The topological polar surface area (TPSA) is 15.3 Å². The zero-order chi connectivity index (χ0) is 12.9. The van der Waals surface area contributed by atoms with E-state index in [0.717, 1.165) is 11.8 Å². The summed E-state index contributed by atoms with van der Waals surface area (Å²) >= 11 is 0. The van der Waals surface area contributed by atoms with Crippen LogP contribution >= 0.6 is 0 Å². The van der Waals surface area contributed by atoms with Crippen molar-refractivity contribution in [3.8, 4) is 0 Å². The fraction of sp³-hybridized carbons (Fsp3) is 1.00. The number of hydrogen-bond donors (Lipinski definition) is 1. The molecular weight excluding hydrogens is 232 g/mol. The summed E-state index contributed by atoms with van der Waals surface area (Å²) in [5, 5.41) is 3.76. The Morgan fingerprint density at radius 2 is 1.53 bits per heavy atom. The smallest absolute Gasteiger partial charge is 0.0232 e. The van der Waals surface area contributed by atoms with Crippen LogP contribution in [0.5, 0.6) is 0 Å². The maximum absolute atomic E-state index is 3.76. The Hall–Kier alpha value is -0.0800. The number of nitrogens with one attached hydrogen (secondary N) is 1. The predicted octanol–water partition coefficient (Wildman–Crippen LogP) is 3.17. The van der Waals surface area contributed by atoms with Gasteiger partial charge in [0.05, 0.1) is 0 Å². The molecule has 0 radical (unpaired) electrons. The normalized spacial score (nSPS) is 50.4. The standard InChI is InChI=1S/C17H30N2/c1-18-16-9-14-8-15(10-16)12-17(11-14,13-16)19-6-4-2-3-5-7-19/h14-15,18H,2-13H2,1H3. The maximum Gasteiger partial charge on any atom is 0.0232 e. The molecule has 2 heteroatoms. The van der Waals surface area contributed by atoms with Crippen molar-refractivity contribution in [1.29, 1.82) is 0 Å². The first-order chi connectivity index (χ1) is 9.24. The Kier molecular flexibility index (Phi) is 2.97. The molecule has 5 fully saturated rings. The molecule has 2 unspecified atom stereocenters. The summed E-state index contributed by atoms with van der Waals surface area (Å²) < 4.78 is 0. The Bertz CT molecular complexity index is 329. The van der Waals surface area contributed by atoms with Gasteiger partial charge in [0.25, 0.3) is 0 Å².